The number of aromatic carboxylic acids is 1. The molecule has 0 spiro atoms. The summed E-state index contributed by atoms with van der Waals surface area (Å²) in [5.74, 6) is -1.78. The van der Waals surface area contributed by atoms with Crippen LogP contribution in [0, 0.1) is 0 Å². The van der Waals surface area contributed by atoms with Crippen LogP contribution in [0.5, 0.6) is 0 Å². The molecule has 3 rings (SSSR count). The number of aliphatic hydroxyl groups excluding tert-OH is 4. The number of rotatable bonds is 5. The quantitative estimate of drug-likeness (QED) is 0.402. The fourth-order valence-corrected chi connectivity index (χ4v) is 3.11. The van der Waals surface area contributed by atoms with Crippen LogP contribution in [0.1, 0.15) is 10.4 Å². The van der Waals surface area contributed by atoms with E-state index in [0.717, 1.165) is 5.56 Å². The second kappa shape index (κ2) is 8.68. The van der Waals surface area contributed by atoms with E-state index in [1.54, 1.807) is 36.4 Å². The fraction of sp³-hybridized carbons (Fsp3) is 0.300. The fourth-order valence-electron chi connectivity index (χ4n) is 3.11. The van der Waals surface area contributed by atoms with E-state index in [1.807, 2.05) is 0 Å². The molecule has 9 heteroatoms. The van der Waals surface area contributed by atoms with Crippen LogP contribution in [0.15, 0.2) is 48.5 Å². The lowest BCUT2D eigenvalue weighted by Gasteiger charge is -2.39. The summed E-state index contributed by atoms with van der Waals surface area (Å²) in [5, 5.41) is 50.4. The lowest BCUT2D eigenvalue weighted by Crippen LogP contribution is -2.61. The Balaban J connectivity index is 1.72. The van der Waals surface area contributed by atoms with Gasteiger partial charge >= 0.3 is 5.97 Å². The van der Waals surface area contributed by atoms with Crippen LogP contribution >= 0.6 is 0 Å². The number of ether oxygens (including phenoxy) is 1. The highest BCUT2D eigenvalue weighted by Gasteiger charge is 2.46. The van der Waals surface area contributed by atoms with Crippen molar-refractivity contribution in [2.75, 3.05) is 11.9 Å². The number of carbonyl (C=O) groups excluding carboxylic acids is 1. The van der Waals surface area contributed by atoms with Gasteiger partial charge in [-0.1, -0.05) is 24.3 Å². The monoisotopic (exact) mass is 403 g/mol. The molecule has 5 atom stereocenters. The number of anilines is 1. The minimum absolute atomic E-state index is 0.155. The highest BCUT2D eigenvalue weighted by Crippen LogP contribution is 2.25. The van der Waals surface area contributed by atoms with Gasteiger partial charge in [-0.05, 0) is 35.4 Å². The summed E-state index contributed by atoms with van der Waals surface area (Å²) in [6.07, 6.45) is -7.49. The lowest BCUT2D eigenvalue weighted by molar-refractivity contribution is -0.224. The molecule has 29 heavy (non-hydrogen) atoms. The smallest absolute Gasteiger partial charge is 0.335 e. The normalized spacial score (nSPS) is 26.7. The molecular formula is C20H21NO8. The summed E-state index contributed by atoms with van der Waals surface area (Å²) in [6.45, 7) is -0.626. The molecule has 1 heterocycles. The summed E-state index contributed by atoms with van der Waals surface area (Å²) in [6, 6.07) is 13.0. The van der Waals surface area contributed by atoms with Crippen molar-refractivity contribution in [1.82, 2.24) is 0 Å². The zero-order valence-corrected chi connectivity index (χ0v) is 15.2. The molecule has 0 saturated carbocycles. The van der Waals surface area contributed by atoms with Gasteiger partial charge < -0.3 is 35.6 Å². The first-order valence-electron chi connectivity index (χ1n) is 8.87. The third-order valence-electron chi connectivity index (χ3n) is 4.75. The van der Waals surface area contributed by atoms with Crippen molar-refractivity contribution in [3.63, 3.8) is 0 Å². The van der Waals surface area contributed by atoms with Gasteiger partial charge in [-0.2, -0.15) is 0 Å². The number of amides is 1. The van der Waals surface area contributed by atoms with Gasteiger partial charge in [0, 0.05) is 5.69 Å². The molecule has 0 radical (unpaired) electrons. The number of aliphatic hydroxyl groups is 4. The summed E-state index contributed by atoms with van der Waals surface area (Å²) >= 11 is 0. The molecule has 2 aromatic carbocycles. The molecule has 154 valence electrons. The minimum Gasteiger partial charge on any atom is -0.478 e. The topological polar surface area (TPSA) is 157 Å². The van der Waals surface area contributed by atoms with Gasteiger partial charge in [0.25, 0.3) is 5.91 Å². The maximum absolute atomic E-state index is 12.4. The summed E-state index contributed by atoms with van der Waals surface area (Å²) in [5.41, 5.74) is 1.96. The average molecular weight is 403 g/mol. The van der Waals surface area contributed by atoms with E-state index in [0.29, 0.717) is 11.3 Å². The number of benzene rings is 2. The molecule has 0 aromatic heterocycles. The molecular weight excluding hydrogens is 382 g/mol. The zero-order valence-electron chi connectivity index (χ0n) is 15.2. The Morgan fingerprint density at radius 1 is 0.931 bits per heavy atom. The van der Waals surface area contributed by atoms with E-state index < -0.39 is 49.0 Å². The van der Waals surface area contributed by atoms with Crippen LogP contribution in [-0.4, -0.2) is 74.5 Å². The maximum Gasteiger partial charge on any atom is 0.335 e. The Labute approximate surface area is 165 Å². The molecule has 2 aromatic rings. The minimum atomic E-state index is -1.66. The van der Waals surface area contributed by atoms with Gasteiger partial charge in [-0.3, -0.25) is 4.79 Å². The Kier molecular flexibility index (Phi) is 6.26. The molecule has 0 aliphatic carbocycles. The van der Waals surface area contributed by atoms with Gasteiger partial charge in [-0.15, -0.1) is 0 Å². The van der Waals surface area contributed by atoms with E-state index in [1.165, 1.54) is 12.1 Å². The highest BCUT2D eigenvalue weighted by molar-refractivity contribution is 5.95. The van der Waals surface area contributed by atoms with Crippen LogP contribution in [0.2, 0.25) is 0 Å². The Morgan fingerprint density at radius 2 is 1.62 bits per heavy atom. The van der Waals surface area contributed by atoms with Gasteiger partial charge in [0.15, 0.2) is 6.10 Å². The number of carboxylic acids is 1. The lowest BCUT2D eigenvalue weighted by atomic mass is 9.94. The molecule has 1 aliphatic heterocycles. The van der Waals surface area contributed by atoms with Gasteiger partial charge in [0.2, 0.25) is 0 Å². The van der Waals surface area contributed by atoms with E-state index in [9.17, 15) is 30.0 Å². The summed E-state index contributed by atoms with van der Waals surface area (Å²) in [4.78, 5) is 23.5. The van der Waals surface area contributed by atoms with E-state index in [2.05, 4.69) is 5.32 Å². The number of hydrogen-bond donors (Lipinski definition) is 6. The Hall–Kier alpha value is -2.82. The second-order valence-electron chi connectivity index (χ2n) is 6.70. The van der Waals surface area contributed by atoms with Crippen molar-refractivity contribution in [2.45, 2.75) is 30.5 Å². The predicted octanol–water partition coefficient (Wildman–Crippen LogP) is -0.167. The SMILES string of the molecule is O=C(O)c1cccc(-c2ccc(NC(=O)[C@H]3O[C@H](CO)[C@@H](O)[C@H](O)[C@@H]3O)cc2)c1. The highest BCUT2D eigenvalue weighted by atomic mass is 16.5. The summed E-state index contributed by atoms with van der Waals surface area (Å²) in [7, 11) is 0. The maximum atomic E-state index is 12.4. The van der Waals surface area contributed by atoms with Crippen molar-refractivity contribution in [2.24, 2.45) is 0 Å². The Bertz CT molecular complexity index is 882. The molecule has 0 unspecified atom stereocenters. The first-order chi connectivity index (χ1) is 13.8. The number of hydrogen-bond acceptors (Lipinski definition) is 7. The molecule has 1 amide bonds. The van der Waals surface area contributed by atoms with E-state index >= 15 is 0 Å². The van der Waals surface area contributed by atoms with Gasteiger partial charge in [0.1, 0.15) is 24.4 Å². The van der Waals surface area contributed by atoms with Crippen molar-refractivity contribution < 1.29 is 39.9 Å². The van der Waals surface area contributed by atoms with Crippen LogP contribution in [0.3, 0.4) is 0 Å². The van der Waals surface area contributed by atoms with Crippen molar-refractivity contribution in [3.05, 3.63) is 54.1 Å². The first-order valence-corrected chi connectivity index (χ1v) is 8.87. The number of nitrogens with one attached hydrogen (secondary N) is 1. The largest absolute Gasteiger partial charge is 0.478 e. The first kappa shape index (κ1) is 20.9. The molecule has 9 nitrogen and oxygen atoms in total. The third kappa shape index (κ3) is 4.44. The van der Waals surface area contributed by atoms with Crippen molar-refractivity contribution in [1.29, 1.82) is 0 Å². The molecule has 1 aliphatic rings. The average Bonchev–Trinajstić information content (AvgIpc) is 2.73. The standard InChI is InChI=1S/C20H21NO8/c22-9-14-15(23)16(24)17(25)18(29-14)19(26)21-13-6-4-10(5-7-13)11-2-1-3-12(8-11)20(27)28/h1-8,14-18,22-25H,9H2,(H,21,26)(H,27,28)/t14-,15-,16+,17+,18+/m1/s1. The second-order valence-corrected chi connectivity index (χ2v) is 6.70. The Morgan fingerprint density at radius 3 is 2.24 bits per heavy atom. The zero-order chi connectivity index (χ0) is 21.1. The number of carbonyl (C=O) groups is 2. The van der Waals surface area contributed by atoms with Crippen LogP contribution in [-0.2, 0) is 9.53 Å². The van der Waals surface area contributed by atoms with Crippen molar-refractivity contribution in [3.8, 4) is 11.1 Å². The van der Waals surface area contributed by atoms with Crippen LogP contribution in [0.4, 0.5) is 5.69 Å². The molecule has 6 N–H and O–H groups in total. The van der Waals surface area contributed by atoms with Crippen LogP contribution < -0.4 is 5.32 Å². The van der Waals surface area contributed by atoms with Gasteiger partial charge in [-0.25, -0.2) is 4.79 Å². The summed E-state index contributed by atoms with van der Waals surface area (Å²) < 4.78 is 5.22. The van der Waals surface area contributed by atoms with Gasteiger partial charge in [0.05, 0.1) is 12.2 Å². The third-order valence-corrected chi connectivity index (χ3v) is 4.75. The molecule has 0 bridgehead atoms. The number of carboxylic acid groups (broad SMARTS) is 1. The molecule has 1 fully saturated rings. The van der Waals surface area contributed by atoms with Crippen LogP contribution in [0.25, 0.3) is 11.1 Å². The predicted molar refractivity (Wildman–Crippen MR) is 101 cm³/mol. The van der Waals surface area contributed by atoms with E-state index in [-0.39, 0.29) is 5.56 Å². The van der Waals surface area contributed by atoms with Crippen molar-refractivity contribution >= 4 is 17.6 Å². The van der Waals surface area contributed by atoms with E-state index in [4.69, 9.17) is 9.84 Å². The molecule has 1 saturated heterocycles.